The molecule has 3 aromatic rings. The van der Waals surface area contributed by atoms with Crippen LogP contribution in [0.2, 0.25) is 15.1 Å². The smallest absolute Gasteiger partial charge is 0.354 e. The number of rotatable bonds is 11. The van der Waals surface area contributed by atoms with E-state index in [1.54, 1.807) is 13.0 Å². The summed E-state index contributed by atoms with van der Waals surface area (Å²) < 4.78 is 69.6. The number of alkyl halides is 3. The molecule has 0 heterocycles. The summed E-state index contributed by atoms with van der Waals surface area (Å²) in [6.45, 7) is 4.27. The number of anilines is 1. The average Bonchev–Trinajstić information content (AvgIpc) is 2.94. The summed E-state index contributed by atoms with van der Waals surface area (Å²) in [5.74, 6) is -1.36. The lowest BCUT2D eigenvalue weighted by Gasteiger charge is -2.32. The molecule has 0 aromatic heterocycles. The van der Waals surface area contributed by atoms with Crippen molar-refractivity contribution in [2.45, 2.75) is 50.9 Å². The third kappa shape index (κ3) is 8.56. The molecule has 1 N–H and O–H groups in total. The van der Waals surface area contributed by atoms with Crippen LogP contribution in [0, 0.1) is 6.92 Å². The number of halogens is 6. The molecule has 43 heavy (non-hydrogen) atoms. The molecule has 0 spiro atoms. The normalized spacial score (nSPS) is 12.5. The van der Waals surface area contributed by atoms with Gasteiger partial charge in [-0.25, -0.2) is 8.42 Å². The number of nitrogens with one attached hydrogen (secondary N) is 1. The van der Waals surface area contributed by atoms with Crippen molar-refractivity contribution in [1.82, 2.24) is 10.2 Å². The zero-order chi connectivity index (χ0) is 32.1. The van der Waals surface area contributed by atoms with Crippen LogP contribution < -0.4 is 9.62 Å². The van der Waals surface area contributed by atoms with Gasteiger partial charge in [0.05, 0.1) is 31.2 Å². The second kappa shape index (κ2) is 14.2. The van der Waals surface area contributed by atoms with Gasteiger partial charge in [-0.15, -0.1) is 0 Å². The molecular formula is C29H29Cl3F3N3O4S. The Morgan fingerprint density at radius 2 is 1.56 bits per heavy atom. The summed E-state index contributed by atoms with van der Waals surface area (Å²) in [5.41, 5.74) is -0.491. The van der Waals surface area contributed by atoms with Crippen LogP contribution >= 0.6 is 34.8 Å². The van der Waals surface area contributed by atoms with Crippen molar-refractivity contribution in [1.29, 1.82) is 0 Å². The van der Waals surface area contributed by atoms with Gasteiger partial charge in [0.15, 0.2) is 0 Å². The first kappa shape index (κ1) is 34.5. The van der Waals surface area contributed by atoms with E-state index in [1.165, 1.54) is 43.3 Å². The summed E-state index contributed by atoms with van der Waals surface area (Å²) in [6.07, 6.45) is -4.28. The van der Waals surface area contributed by atoms with Gasteiger partial charge in [0.2, 0.25) is 11.8 Å². The second-order valence-electron chi connectivity index (χ2n) is 9.72. The molecule has 0 saturated carbocycles. The van der Waals surface area contributed by atoms with Gasteiger partial charge in [-0.3, -0.25) is 13.9 Å². The zero-order valence-electron chi connectivity index (χ0n) is 23.4. The number of benzene rings is 3. The fourth-order valence-corrected chi connectivity index (χ4v) is 6.02. The predicted octanol–water partition coefficient (Wildman–Crippen LogP) is 7.11. The molecule has 1 atom stereocenters. The molecule has 1 unspecified atom stereocenters. The molecule has 3 rings (SSSR count). The molecule has 0 fully saturated rings. The van der Waals surface area contributed by atoms with Crippen molar-refractivity contribution in [3.63, 3.8) is 0 Å². The van der Waals surface area contributed by atoms with Crippen LogP contribution in [0.3, 0.4) is 0 Å². The van der Waals surface area contributed by atoms with E-state index in [-0.39, 0.29) is 21.5 Å². The summed E-state index contributed by atoms with van der Waals surface area (Å²) >= 11 is 18.0. The first-order valence-electron chi connectivity index (χ1n) is 13.0. The summed E-state index contributed by atoms with van der Waals surface area (Å²) in [7, 11) is -4.58. The van der Waals surface area contributed by atoms with E-state index >= 15 is 0 Å². The van der Waals surface area contributed by atoms with E-state index in [4.69, 9.17) is 34.8 Å². The Hall–Kier alpha value is -2.99. The summed E-state index contributed by atoms with van der Waals surface area (Å²) in [6, 6.07) is 11.7. The van der Waals surface area contributed by atoms with Gasteiger partial charge in [0, 0.05) is 13.1 Å². The number of amides is 2. The van der Waals surface area contributed by atoms with E-state index in [0.717, 1.165) is 22.6 Å². The highest BCUT2D eigenvalue weighted by Crippen LogP contribution is 2.38. The Kier molecular flexibility index (Phi) is 11.4. The van der Waals surface area contributed by atoms with Crippen molar-refractivity contribution < 1.29 is 31.2 Å². The molecule has 0 aliphatic carbocycles. The minimum absolute atomic E-state index is 0.177. The molecule has 0 bridgehead atoms. The van der Waals surface area contributed by atoms with Gasteiger partial charge in [0.1, 0.15) is 12.6 Å². The molecule has 0 radical (unpaired) electrons. The molecule has 7 nitrogen and oxygen atoms in total. The molecule has 2 amide bonds. The topological polar surface area (TPSA) is 86.8 Å². The number of sulfonamides is 1. The van der Waals surface area contributed by atoms with E-state index < -0.39 is 56.9 Å². The maximum atomic E-state index is 13.9. The van der Waals surface area contributed by atoms with Crippen LogP contribution in [-0.4, -0.2) is 44.3 Å². The Labute approximate surface area is 263 Å². The molecule has 232 valence electrons. The lowest BCUT2D eigenvalue weighted by atomic mass is 10.1. The average molecular weight is 679 g/mol. The highest BCUT2D eigenvalue weighted by molar-refractivity contribution is 7.92. The fourth-order valence-electron chi connectivity index (χ4n) is 4.07. The maximum Gasteiger partial charge on any atom is 0.417 e. The Morgan fingerprint density at radius 1 is 0.930 bits per heavy atom. The number of hydrogen-bond acceptors (Lipinski definition) is 4. The largest absolute Gasteiger partial charge is 0.417 e. The predicted molar refractivity (Wildman–Crippen MR) is 162 cm³/mol. The van der Waals surface area contributed by atoms with Crippen molar-refractivity contribution in [2.75, 3.05) is 17.4 Å². The lowest BCUT2D eigenvalue weighted by molar-refractivity contribution is -0.139. The number of carbonyl (C=O) groups excluding carboxylic acids is 2. The Morgan fingerprint density at radius 3 is 2.14 bits per heavy atom. The molecule has 3 aromatic carbocycles. The maximum absolute atomic E-state index is 13.9. The zero-order valence-corrected chi connectivity index (χ0v) is 26.5. The van der Waals surface area contributed by atoms with Crippen LogP contribution in [0.1, 0.15) is 37.0 Å². The van der Waals surface area contributed by atoms with Gasteiger partial charge < -0.3 is 10.2 Å². The standard InChI is InChI=1S/C29H29Cl3F3N3O4S/c1-4-13-36-28(40)19(3)37(16-20-7-11-25(31)26(32)14-20)27(39)17-38(43(41,42)22-9-5-18(2)6-10-22)21-8-12-24(30)23(15-21)29(33,34)35/h5-12,14-15,19H,4,13,16-17H2,1-3H3,(H,36,40). The first-order valence-corrected chi connectivity index (χ1v) is 15.6. The number of aryl methyl sites for hydroxylation is 1. The Bertz CT molecular complexity index is 1590. The minimum Gasteiger partial charge on any atom is -0.354 e. The highest BCUT2D eigenvalue weighted by atomic mass is 35.5. The highest BCUT2D eigenvalue weighted by Gasteiger charge is 2.37. The van der Waals surface area contributed by atoms with Gasteiger partial charge in [-0.2, -0.15) is 13.2 Å². The molecule has 0 aliphatic heterocycles. The quantitative estimate of drug-likeness (QED) is 0.234. The third-order valence-corrected chi connectivity index (χ3v) is 9.34. The lowest BCUT2D eigenvalue weighted by Crippen LogP contribution is -2.51. The number of nitrogens with zero attached hydrogens (tertiary/aromatic N) is 2. The van der Waals surface area contributed by atoms with Crippen LogP contribution in [-0.2, 0) is 32.3 Å². The molecule has 0 saturated heterocycles. The minimum atomic E-state index is -4.90. The number of hydrogen-bond donors (Lipinski definition) is 1. The monoisotopic (exact) mass is 677 g/mol. The van der Waals surface area contributed by atoms with Gasteiger partial charge in [-0.05, 0) is 68.3 Å². The van der Waals surface area contributed by atoms with E-state index in [0.29, 0.717) is 28.9 Å². The van der Waals surface area contributed by atoms with Crippen LogP contribution in [0.25, 0.3) is 0 Å². The van der Waals surface area contributed by atoms with E-state index in [2.05, 4.69) is 5.32 Å². The van der Waals surface area contributed by atoms with Crippen LogP contribution in [0.5, 0.6) is 0 Å². The first-order chi connectivity index (χ1) is 20.1. The summed E-state index contributed by atoms with van der Waals surface area (Å²) in [5, 5.41) is 2.51. The van der Waals surface area contributed by atoms with Crippen molar-refractivity contribution in [2.24, 2.45) is 0 Å². The number of carbonyl (C=O) groups is 2. The SMILES string of the molecule is CCCNC(=O)C(C)N(Cc1ccc(Cl)c(Cl)c1)C(=O)CN(c1ccc(Cl)c(C(F)(F)F)c1)S(=O)(=O)c1ccc(C)cc1. The van der Waals surface area contributed by atoms with Crippen LogP contribution in [0.4, 0.5) is 18.9 Å². The van der Waals surface area contributed by atoms with Crippen LogP contribution in [0.15, 0.2) is 65.6 Å². The van der Waals surface area contributed by atoms with E-state index in [1.807, 2.05) is 6.92 Å². The van der Waals surface area contributed by atoms with Gasteiger partial charge in [-0.1, -0.05) is 65.5 Å². The van der Waals surface area contributed by atoms with Crippen molar-refractivity contribution in [3.05, 3.63) is 92.4 Å². The second-order valence-corrected chi connectivity index (χ2v) is 12.8. The molecular weight excluding hydrogens is 650 g/mol. The molecule has 14 heteroatoms. The van der Waals surface area contributed by atoms with Crippen molar-refractivity contribution >= 4 is 62.3 Å². The Balaban J connectivity index is 2.12. The third-order valence-electron chi connectivity index (χ3n) is 6.48. The molecule has 0 aliphatic rings. The fraction of sp³-hybridized carbons (Fsp3) is 0.310. The van der Waals surface area contributed by atoms with E-state index in [9.17, 15) is 31.2 Å². The van der Waals surface area contributed by atoms with Crippen molar-refractivity contribution in [3.8, 4) is 0 Å². The van der Waals surface area contributed by atoms with Gasteiger partial charge in [0.25, 0.3) is 10.0 Å². The van der Waals surface area contributed by atoms with Gasteiger partial charge >= 0.3 is 6.18 Å². The summed E-state index contributed by atoms with van der Waals surface area (Å²) in [4.78, 5) is 27.7.